The minimum atomic E-state index is -1.07. The molecule has 0 unspecified atom stereocenters. The number of aromatic carboxylic acids is 1. The van der Waals surface area contributed by atoms with Crippen LogP contribution in [0.3, 0.4) is 0 Å². The molecule has 0 aliphatic carbocycles. The van der Waals surface area contributed by atoms with Crippen molar-refractivity contribution in [2.45, 2.75) is 0 Å². The maximum atomic E-state index is 10.3. The number of carbonyl (C=O) groups is 1. The number of hydrogen-bond donors (Lipinski definition) is 1. The van der Waals surface area contributed by atoms with Gasteiger partial charge in [-0.3, -0.25) is 0 Å². The first-order chi connectivity index (χ1) is 5.24. The fraction of sp³-hybridized carbons (Fsp3) is 0. The molecular formula is C8H4NO2. The zero-order valence-electron chi connectivity index (χ0n) is 5.53. The zero-order chi connectivity index (χ0) is 8.27. The Labute approximate surface area is 63.5 Å². The molecule has 0 fully saturated rings. The molecule has 0 bridgehead atoms. The summed E-state index contributed by atoms with van der Waals surface area (Å²) < 4.78 is 0. The average molecular weight is 146 g/mol. The van der Waals surface area contributed by atoms with E-state index in [2.05, 4.69) is 6.07 Å². The minimum absolute atomic E-state index is 0.0176. The van der Waals surface area contributed by atoms with E-state index >= 15 is 0 Å². The van der Waals surface area contributed by atoms with E-state index in [4.69, 9.17) is 10.4 Å². The van der Waals surface area contributed by atoms with Gasteiger partial charge >= 0.3 is 5.97 Å². The van der Waals surface area contributed by atoms with Crippen LogP contribution in [0.2, 0.25) is 0 Å². The summed E-state index contributed by atoms with van der Waals surface area (Å²) >= 11 is 0. The molecule has 0 spiro atoms. The summed E-state index contributed by atoms with van der Waals surface area (Å²) in [6.07, 6.45) is 0. The van der Waals surface area contributed by atoms with Gasteiger partial charge in [-0.15, -0.1) is 0 Å². The molecule has 1 radical (unpaired) electrons. The Hall–Kier alpha value is -1.82. The van der Waals surface area contributed by atoms with Gasteiger partial charge in [0, 0.05) is 6.07 Å². The van der Waals surface area contributed by atoms with Crippen molar-refractivity contribution >= 4 is 5.97 Å². The fourth-order valence-electron chi connectivity index (χ4n) is 0.659. The second kappa shape index (κ2) is 2.84. The van der Waals surface area contributed by atoms with Gasteiger partial charge in [0.1, 0.15) is 0 Å². The number of hydrogen-bond acceptors (Lipinski definition) is 2. The van der Waals surface area contributed by atoms with Crippen LogP contribution in [-0.2, 0) is 0 Å². The highest BCUT2D eigenvalue weighted by Crippen LogP contribution is 2.01. The quantitative estimate of drug-likeness (QED) is 0.644. The third kappa shape index (κ3) is 1.55. The number of nitrogens with zero attached hydrogens (tertiary/aromatic N) is 1. The number of carboxylic acid groups (broad SMARTS) is 1. The van der Waals surface area contributed by atoms with E-state index in [1.165, 1.54) is 18.2 Å². The third-order valence-electron chi connectivity index (χ3n) is 1.15. The standard InChI is InChI=1S/C8H4NO2/c9-5-6-2-1-3-7(4-6)8(10)11/h1-3H,(H,10,11). The van der Waals surface area contributed by atoms with Crippen molar-refractivity contribution in [1.29, 1.82) is 5.26 Å². The Morgan fingerprint density at radius 2 is 2.36 bits per heavy atom. The molecule has 0 heterocycles. The van der Waals surface area contributed by atoms with Crippen LogP contribution in [0.15, 0.2) is 18.2 Å². The van der Waals surface area contributed by atoms with E-state index in [0.29, 0.717) is 0 Å². The number of nitriles is 1. The molecule has 0 atom stereocenters. The van der Waals surface area contributed by atoms with Gasteiger partial charge in [0.2, 0.25) is 0 Å². The smallest absolute Gasteiger partial charge is 0.336 e. The highest BCUT2D eigenvalue weighted by atomic mass is 16.4. The first kappa shape index (κ1) is 7.29. The first-order valence-electron chi connectivity index (χ1n) is 2.90. The number of benzene rings is 1. The van der Waals surface area contributed by atoms with Gasteiger partial charge in [-0.2, -0.15) is 5.26 Å². The van der Waals surface area contributed by atoms with Gasteiger partial charge in [0.15, 0.2) is 0 Å². The van der Waals surface area contributed by atoms with Crippen LogP contribution >= 0.6 is 0 Å². The third-order valence-corrected chi connectivity index (χ3v) is 1.15. The van der Waals surface area contributed by atoms with Crippen molar-refractivity contribution in [2.24, 2.45) is 0 Å². The molecule has 1 aromatic carbocycles. The predicted octanol–water partition coefficient (Wildman–Crippen LogP) is 1.06. The molecule has 1 rings (SSSR count). The maximum Gasteiger partial charge on any atom is 0.336 e. The predicted molar refractivity (Wildman–Crippen MR) is 37.0 cm³/mol. The second-order valence-electron chi connectivity index (χ2n) is 1.90. The monoisotopic (exact) mass is 146 g/mol. The summed E-state index contributed by atoms with van der Waals surface area (Å²) in [5, 5.41) is 16.8. The van der Waals surface area contributed by atoms with Crippen LogP contribution in [-0.4, -0.2) is 11.1 Å². The Kier molecular flexibility index (Phi) is 1.88. The van der Waals surface area contributed by atoms with Gasteiger partial charge in [-0.1, -0.05) is 6.07 Å². The SMILES string of the molecule is N#Cc1[c]c(C(=O)O)ccc1. The van der Waals surface area contributed by atoms with E-state index in [9.17, 15) is 4.79 Å². The van der Waals surface area contributed by atoms with Crippen LogP contribution in [0.1, 0.15) is 15.9 Å². The topological polar surface area (TPSA) is 61.1 Å². The second-order valence-corrected chi connectivity index (χ2v) is 1.90. The summed E-state index contributed by atoms with van der Waals surface area (Å²) in [4.78, 5) is 10.3. The summed E-state index contributed by atoms with van der Waals surface area (Å²) in [5.74, 6) is -1.07. The van der Waals surface area contributed by atoms with Gasteiger partial charge in [-0.05, 0) is 12.1 Å². The fourth-order valence-corrected chi connectivity index (χ4v) is 0.659. The van der Waals surface area contributed by atoms with Crippen LogP contribution in [0, 0.1) is 17.4 Å². The summed E-state index contributed by atoms with van der Waals surface area (Å²) in [7, 11) is 0. The van der Waals surface area contributed by atoms with Gasteiger partial charge in [-0.25, -0.2) is 4.79 Å². The van der Waals surface area contributed by atoms with E-state index in [-0.39, 0.29) is 11.1 Å². The van der Waals surface area contributed by atoms with Gasteiger partial charge in [0.25, 0.3) is 0 Å². The Balaban J connectivity index is 3.13. The molecule has 3 nitrogen and oxygen atoms in total. The molecule has 0 amide bonds. The molecule has 1 N–H and O–H groups in total. The molecular weight excluding hydrogens is 142 g/mol. The highest BCUT2D eigenvalue weighted by Gasteiger charge is 2.02. The lowest BCUT2D eigenvalue weighted by Crippen LogP contribution is -1.96. The Morgan fingerprint density at radius 3 is 2.91 bits per heavy atom. The lowest BCUT2D eigenvalue weighted by Gasteiger charge is -1.91. The Morgan fingerprint density at radius 1 is 1.64 bits per heavy atom. The summed E-state index contributed by atoms with van der Waals surface area (Å²) in [6, 6.07) is 8.65. The van der Waals surface area contributed by atoms with Crippen LogP contribution in [0.5, 0.6) is 0 Å². The normalized spacial score (nSPS) is 8.64. The van der Waals surface area contributed by atoms with Crippen molar-refractivity contribution in [3.05, 3.63) is 35.4 Å². The summed E-state index contributed by atoms with van der Waals surface area (Å²) in [6.45, 7) is 0. The van der Waals surface area contributed by atoms with Crippen molar-refractivity contribution in [3.8, 4) is 6.07 Å². The van der Waals surface area contributed by atoms with Crippen molar-refractivity contribution in [1.82, 2.24) is 0 Å². The number of carboxylic acids is 1. The van der Waals surface area contributed by atoms with Crippen molar-refractivity contribution in [2.75, 3.05) is 0 Å². The molecule has 0 saturated heterocycles. The zero-order valence-corrected chi connectivity index (χ0v) is 5.53. The largest absolute Gasteiger partial charge is 0.478 e. The molecule has 0 aliphatic rings. The highest BCUT2D eigenvalue weighted by molar-refractivity contribution is 5.87. The first-order valence-corrected chi connectivity index (χ1v) is 2.90. The van der Waals surface area contributed by atoms with E-state index in [1.807, 2.05) is 0 Å². The van der Waals surface area contributed by atoms with Crippen LogP contribution in [0.25, 0.3) is 0 Å². The lowest BCUT2D eigenvalue weighted by molar-refractivity contribution is 0.0696. The van der Waals surface area contributed by atoms with Gasteiger partial charge in [0.05, 0.1) is 17.2 Å². The van der Waals surface area contributed by atoms with E-state index in [0.717, 1.165) is 0 Å². The van der Waals surface area contributed by atoms with E-state index < -0.39 is 5.97 Å². The minimum Gasteiger partial charge on any atom is -0.478 e. The molecule has 53 valence electrons. The lowest BCUT2D eigenvalue weighted by atomic mass is 10.1. The van der Waals surface area contributed by atoms with Crippen molar-refractivity contribution < 1.29 is 9.90 Å². The molecule has 0 saturated carbocycles. The molecule has 1 aromatic rings. The number of rotatable bonds is 1. The van der Waals surface area contributed by atoms with E-state index in [1.54, 1.807) is 6.07 Å². The van der Waals surface area contributed by atoms with Crippen LogP contribution in [0.4, 0.5) is 0 Å². The summed E-state index contributed by atoms with van der Waals surface area (Å²) in [5.41, 5.74) is 0.258. The average Bonchev–Trinajstić information content (AvgIpc) is 2.05. The molecule has 11 heavy (non-hydrogen) atoms. The van der Waals surface area contributed by atoms with Gasteiger partial charge < -0.3 is 5.11 Å². The maximum absolute atomic E-state index is 10.3. The van der Waals surface area contributed by atoms with Crippen molar-refractivity contribution in [3.63, 3.8) is 0 Å². The Bertz CT molecular complexity index is 325. The van der Waals surface area contributed by atoms with Crippen LogP contribution < -0.4 is 0 Å². The molecule has 0 aromatic heterocycles. The molecule has 0 aliphatic heterocycles. The molecule has 3 heteroatoms.